The van der Waals surface area contributed by atoms with Crippen molar-refractivity contribution in [2.45, 2.75) is 32.6 Å². The van der Waals surface area contributed by atoms with Crippen LogP contribution in [0.5, 0.6) is 11.5 Å². The molecule has 0 atom stereocenters. The number of phenols is 2. The van der Waals surface area contributed by atoms with Gasteiger partial charge in [-0.05, 0) is 30.5 Å². The molecule has 0 radical (unpaired) electrons. The molecule has 1 amide bonds. The fraction of sp³-hybridized carbons (Fsp3) is 0.462. The minimum absolute atomic E-state index is 0.0195. The van der Waals surface area contributed by atoms with E-state index in [0.717, 1.165) is 24.9 Å². The van der Waals surface area contributed by atoms with Gasteiger partial charge in [0.2, 0.25) is 5.91 Å². The van der Waals surface area contributed by atoms with Crippen LogP contribution in [-0.2, 0) is 11.2 Å². The molecule has 0 aliphatic heterocycles. The highest BCUT2D eigenvalue weighted by molar-refractivity contribution is 5.76. The van der Waals surface area contributed by atoms with E-state index in [9.17, 15) is 9.90 Å². The number of phenolic OH excluding ortho intramolecular Hbond substituents is 2. The molecule has 1 aromatic rings. The van der Waals surface area contributed by atoms with Crippen LogP contribution < -0.4 is 5.32 Å². The summed E-state index contributed by atoms with van der Waals surface area (Å²) in [6, 6.07) is 4.61. The lowest BCUT2D eigenvalue weighted by molar-refractivity contribution is -0.121. The van der Waals surface area contributed by atoms with Crippen LogP contribution in [0.25, 0.3) is 0 Å². The molecule has 94 valence electrons. The Labute approximate surface area is 101 Å². The van der Waals surface area contributed by atoms with Gasteiger partial charge in [0.15, 0.2) is 11.5 Å². The van der Waals surface area contributed by atoms with Crippen molar-refractivity contribution >= 4 is 5.91 Å². The summed E-state index contributed by atoms with van der Waals surface area (Å²) in [5.41, 5.74) is 0.839. The SMILES string of the molecule is CCCCNC(=O)CCc1ccc(O)c(O)c1. The second kappa shape index (κ2) is 6.78. The summed E-state index contributed by atoms with van der Waals surface area (Å²) in [4.78, 5) is 11.4. The van der Waals surface area contributed by atoms with E-state index in [1.807, 2.05) is 0 Å². The second-order valence-electron chi connectivity index (χ2n) is 4.03. The summed E-state index contributed by atoms with van der Waals surface area (Å²) in [5, 5.41) is 21.3. The highest BCUT2D eigenvalue weighted by Crippen LogP contribution is 2.25. The maximum Gasteiger partial charge on any atom is 0.220 e. The average molecular weight is 237 g/mol. The average Bonchev–Trinajstić information content (AvgIpc) is 2.31. The zero-order valence-corrected chi connectivity index (χ0v) is 10.1. The number of hydrogen-bond acceptors (Lipinski definition) is 3. The van der Waals surface area contributed by atoms with Crippen LogP contribution in [0.4, 0.5) is 0 Å². The van der Waals surface area contributed by atoms with E-state index in [2.05, 4.69) is 12.2 Å². The van der Waals surface area contributed by atoms with Crippen molar-refractivity contribution in [2.24, 2.45) is 0 Å². The van der Waals surface area contributed by atoms with Crippen LogP contribution in [0.3, 0.4) is 0 Å². The van der Waals surface area contributed by atoms with Crippen molar-refractivity contribution in [3.63, 3.8) is 0 Å². The molecule has 0 aromatic heterocycles. The Morgan fingerprint density at radius 1 is 1.29 bits per heavy atom. The predicted octanol–water partition coefficient (Wildman–Crippen LogP) is 1.95. The number of aromatic hydroxyl groups is 2. The fourth-order valence-corrected chi connectivity index (χ4v) is 1.48. The van der Waals surface area contributed by atoms with E-state index in [4.69, 9.17) is 5.11 Å². The van der Waals surface area contributed by atoms with Gasteiger partial charge in [-0.2, -0.15) is 0 Å². The summed E-state index contributed by atoms with van der Waals surface area (Å²) in [7, 11) is 0. The van der Waals surface area contributed by atoms with Crippen LogP contribution in [0.15, 0.2) is 18.2 Å². The number of benzene rings is 1. The molecule has 4 nitrogen and oxygen atoms in total. The predicted molar refractivity (Wildman–Crippen MR) is 66.0 cm³/mol. The highest BCUT2D eigenvalue weighted by atomic mass is 16.3. The van der Waals surface area contributed by atoms with E-state index < -0.39 is 0 Å². The Bertz CT molecular complexity index is 377. The van der Waals surface area contributed by atoms with Crippen LogP contribution in [-0.4, -0.2) is 22.7 Å². The summed E-state index contributed by atoms with van der Waals surface area (Å²) in [6.45, 7) is 2.79. The Morgan fingerprint density at radius 2 is 2.06 bits per heavy atom. The van der Waals surface area contributed by atoms with Gasteiger partial charge in [-0.1, -0.05) is 19.4 Å². The van der Waals surface area contributed by atoms with Gasteiger partial charge in [0, 0.05) is 13.0 Å². The molecule has 4 heteroatoms. The lowest BCUT2D eigenvalue weighted by Gasteiger charge is -2.05. The van der Waals surface area contributed by atoms with Gasteiger partial charge in [-0.25, -0.2) is 0 Å². The molecule has 3 N–H and O–H groups in total. The van der Waals surface area contributed by atoms with Gasteiger partial charge in [0.05, 0.1) is 0 Å². The molecule has 0 bridgehead atoms. The molecule has 0 unspecified atom stereocenters. The zero-order chi connectivity index (χ0) is 12.7. The fourth-order valence-electron chi connectivity index (χ4n) is 1.48. The number of hydrogen-bond donors (Lipinski definition) is 3. The van der Waals surface area contributed by atoms with Gasteiger partial charge in [-0.3, -0.25) is 4.79 Å². The number of carbonyl (C=O) groups is 1. The van der Waals surface area contributed by atoms with Crippen molar-refractivity contribution in [3.05, 3.63) is 23.8 Å². The topological polar surface area (TPSA) is 69.6 Å². The first kappa shape index (κ1) is 13.4. The number of amides is 1. The lowest BCUT2D eigenvalue weighted by Crippen LogP contribution is -2.24. The van der Waals surface area contributed by atoms with Crippen LogP contribution in [0, 0.1) is 0 Å². The molecule has 1 rings (SSSR count). The van der Waals surface area contributed by atoms with E-state index >= 15 is 0 Å². The number of rotatable bonds is 6. The van der Waals surface area contributed by atoms with Crippen LogP contribution in [0.2, 0.25) is 0 Å². The minimum Gasteiger partial charge on any atom is -0.504 e. The van der Waals surface area contributed by atoms with Gasteiger partial charge in [0.25, 0.3) is 0 Å². The first-order valence-corrected chi connectivity index (χ1v) is 5.91. The largest absolute Gasteiger partial charge is 0.504 e. The third-order valence-corrected chi connectivity index (χ3v) is 2.53. The molecule has 0 aliphatic rings. The monoisotopic (exact) mass is 237 g/mol. The molecular formula is C13H19NO3. The first-order chi connectivity index (χ1) is 8.13. The van der Waals surface area contributed by atoms with Crippen LogP contribution >= 0.6 is 0 Å². The van der Waals surface area contributed by atoms with E-state index in [1.54, 1.807) is 6.07 Å². The summed E-state index contributed by atoms with van der Waals surface area (Å²) < 4.78 is 0. The van der Waals surface area contributed by atoms with Crippen molar-refractivity contribution in [3.8, 4) is 11.5 Å². The van der Waals surface area contributed by atoms with E-state index in [1.165, 1.54) is 12.1 Å². The highest BCUT2D eigenvalue weighted by Gasteiger charge is 2.04. The van der Waals surface area contributed by atoms with Gasteiger partial charge >= 0.3 is 0 Å². The van der Waals surface area contributed by atoms with Crippen molar-refractivity contribution in [1.82, 2.24) is 5.32 Å². The molecule has 0 saturated heterocycles. The quantitative estimate of drug-likeness (QED) is 0.523. The normalized spacial score (nSPS) is 10.2. The smallest absolute Gasteiger partial charge is 0.220 e. The number of aryl methyl sites for hydroxylation is 1. The molecule has 0 aliphatic carbocycles. The molecule has 0 saturated carbocycles. The number of carbonyl (C=O) groups excluding carboxylic acids is 1. The summed E-state index contributed by atoms with van der Waals surface area (Å²) >= 11 is 0. The Morgan fingerprint density at radius 3 is 2.71 bits per heavy atom. The molecule has 1 aromatic carbocycles. The van der Waals surface area contributed by atoms with E-state index in [0.29, 0.717) is 12.8 Å². The maximum absolute atomic E-state index is 11.4. The van der Waals surface area contributed by atoms with Gasteiger partial charge in [0.1, 0.15) is 0 Å². The molecule has 17 heavy (non-hydrogen) atoms. The summed E-state index contributed by atoms with van der Waals surface area (Å²) in [6.07, 6.45) is 3.01. The summed E-state index contributed by atoms with van der Waals surface area (Å²) in [5.74, 6) is -0.263. The minimum atomic E-state index is -0.145. The standard InChI is InChI=1S/C13H19NO3/c1-2-3-8-14-13(17)7-5-10-4-6-11(15)12(16)9-10/h4,6,9,15-16H,2-3,5,7-8H2,1H3,(H,14,17). The van der Waals surface area contributed by atoms with Crippen molar-refractivity contribution in [1.29, 1.82) is 0 Å². The Hall–Kier alpha value is -1.71. The molecule has 0 heterocycles. The molecule has 0 spiro atoms. The number of nitrogens with one attached hydrogen (secondary N) is 1. The Balaban J connectivity index is 2.34. The van der Waals surface area contributed by atoms with E-state index in [-0.39, 0.29) is 17.4 Å². The molecule has 0 fully saturated rings. The Kier molecular flexibility index (Phi) is 5.33. The van der Waals surface area contributed by atoms with Gasteiger partial charge < -0.3 is 15.5 Å². The van der Waals surface area contributed by atoms with Crippen molar-refractivity contribution in [2.75, 3.05) is 6.54 Å². The number of unbranched alkanes of at least 4 members (excludes halogenated alkanes) is 1. The maximum atomic E-state index is 11.4. The van der Waals surface area contributed by atoms with Crippen molar-refractivity contribution < 1.29 is 15.0 Å². The molecular weight excluding hydrogens is 218 g/mol. The third kappa shape index (κ3) is 4.76. The van der Waals surface area contributed by atoms with Gasteiger partial charge in [-0.15, -0.1) is 0 Å². The third-order valence-electron chi connectivity index (χ3n) is 2.53. The van der Waals surface area contributed by atoms with Crippen LogP contribution in [0.1, 0.15) is 31.7 Å². The zero-order valence-electron chi connectivity index (χ0n) is 10.1. The second-order valence-corrected chi connectivity index (χ2v) is 4.03. The lowest BCUT2D eigenvalue weighted by atomic mass is 10.1. The first-order valence-electron chi connectivity index (χ1n) is 5.91.